The number of likely N-dealkylation sites (tertiary alicyclic amines) is 1. The van der Waals surface area contributed by atoms with Crippen molar-refractivity contribution in [1.29, 1.82) is 0 Å². The van der Waals surface area contributed by atoms with Gasteiger partial charge in [-0.25, -0.2) is 0 Å². The van der Waals surface area contributed by atoms with Crippen molar-refractivity contribution >= 4 is 5.91 Å². The topological polar surface area (TPSA) is 50.8 Å². The summed E-state index contributed by atoms with van der Waals surface area (Å²) in [5.41, 5.74) is 3.86. The van der Waals surface area contributed by atoms with Gasteiger partial charge in [0.05, 0.1) is 12.1 Å². The number of nitrogens with one attached hydrogen (secondary N) is 1. The van der Waals surface area contributed by atoms with Gasteiger partial charge in [0, 0.05) is 31.8 Å². The van der Waals surface area contributed by atoms with Crippen LogP contribution < -0.4 is 10.1 Å². The highest BCUT2D eigenvalue weighted by Crippen LogP contribution is 2.42. The van der Waals surface area contributed by atoms with Crippen molar-refractivity contribution in [2.45, 2.75) is 76.0 Å². The second-order valence-electron chi connectivity index (χ2n) is 11.1. The third-order valence-electron chi connectivity index (χ3n) is 7.97. The molecule has 0 radical (unpaired) electrons. The number of methoxy groups -OCH3 is 1. The smallest absolute Gasteiger partial charge is 0.251 e. The second kappa shape index (κ2) is 9.35. The molecule has 0 unspecified atom stereocenters. The van der Waals surface area contributed by atoms with Crippen LogP contribution in [0.4, 0.5) is 0 Å². The van der Waals surface area contributed by atoms with Gasteiger partial charge in [0.15, 0.2) is 0 Å². The number of hydrogen-bond acceptors (Lipinski definition) is 4. The molecule has 1 N–H and O–H groups in total. The third kappa shape index (κ3) is 4.87. The molecule has 2 heterocycles. The number of carbonyl (C=O) groups excluding carboxylic acids is 1. The van der Waals surface area contributed by atoms with Crippen molar-refractivity contribution in [3.05, 3.63) is 53.6 Å². The number of aryl methyl sites for hydroxylation is 1. The van der Waals surface area contributed by atoms with Gasteiger partial charge in [-0.15, -0.1) is 0 Å². The highest BCUT2D eigenvalue weighted by Gasteiger charge is 2.41. The normalized spacial score (nSPS) is 20.3. The van der Waals surface area contributed by atoms with Crippen LogP contribution in [0.15, 0.2) is 42.5 Å². The first-order valence-corrected chi connectivity index (χ1v) is 12.8. The van der Waals surface area contributed by atoms with Gasteiger partial charge in [-0.1, -0.05) is 24.6 Å². The zero-order chi connectivity index (χ0) is 23.8. The lowest BCUT2D eigenvalue weighted by molar-refractivity contribution is -0.0336. The van der Waals surface area contributed by atoms with Gasteiger partial charge in [-0.05, 0) is 93.3 Å². The molecule has 1 saturated heterocycles. The van der Waals surface area contributed by atoms with Crippen molar-refractivity contribution < 1.29 is 14.3 Å². The Morgan fingerprint density at radius 2 is 1.79 bits per heavy atom. The number of fused-ring (bicyclic) bond motifs is 1. The molecular formula is C29H38N2O3. The molecule has 0 bridgehead atoms. The summed E-state index contributed by atoms with van der Waals surface area (Å²) in [5.74, 6) is 0.976. The Bertz CT molecular complexity index is 1020. The molecule has 1 spiro atoms. The zero-order valence-corrected chi connectivity index (χ0v) is 20.9. The molecule has 1 amide bonds. The Labute approximate surface area is 203 Å². The Balaban J connectivity index is 1.23. The van der Waals surface area contributed by atoms with E-state index in [-0.39, 0.29) is 11.5 Å². The average molecular weight is 463 g/mol. The minimum atomic E-state index is -0.409. The number of amides is 1. The van der Waals surface area contributed by atoms with E-state index in [9.17, 15) is 4.79 Å². The maximum atomic E-state index is 12.6. The minimum Gasteiger partial charge on any atom is -0.487 e. The van der Waals surface area contributed by atoms with E-state index in [1.807, 2.05) is 38.1 Å². The van der Waals surface area contributed by atoms with Gasteiger partial charge in [0.1, 0.15) is 11.4 Å². The van der Waals surface area contributed by atoms with Gasteiger partial charge in [0.25, 0.3) is 5.91 Å². The zero-order valence-electron chi connectivity index (χ0n) is 20.9. The fraction of sp³-hybridized carbons (Fsp3) is 0.552. The molecule has 2 aromatic carbocycles. The number of nitrogens with zero attached hydrogens (tertiary/aromatic N) is 1. The molecule has 2 aliphatic heterocycles. The SMILES string of the molecule is COCC(C)(C)NC(=O)c1ccc(-c2ccc3c(c2)CCC2(CCN(C4CCC4)CC2)O3)cc1. The predicted octanol–water partition coefficient (Wildman–Crippen LogP) is 5.22. The molecule has 5 heteroatoms. The first-order valence-electron chi connectivity index (χ1n) is 12.8. The number of rotatable bonds is 6. The maximum absolute atomic E-state index is 12.6. The summed E-state index contributed by atoms with van der Waals surface area (Å²) in [6.07, 6.45) is 8.65. The van der Waals surface area contributed by atoms with Crippen LogP contribution in [0.1, 0.15) is 68.3 Å². The molecule has 0 aromatic heterocycles. The van der Waals surface area contributed by atoms with E-state index in [0.29, 0.717) is 12.2 Å². The Morgan fingerprint density at radius 1 is 1.09 bits per heavy atom. The van der Waals surface area contributed by atoms with Gasteiger partial charge in [-0.2, -0.15) is 0 Å². The number of hydrogen-bond donors (Lipinski definition) is 1. The van der Waals surface area contributed by atoms with Gasteiger partial charge < -0.3 is 19.7 Å². The van der Waals surface area contributed by atoms with Crippen LogP contribution in [0.5, 0.6) is 5.75 Å². The molecule has 1 saturated carbocycles. The largest absolute Gasteiger partial charge is 0.487 e. The van der Waals surface area contributed by atoms with Crippen LogP contribution >= 0.6 is 0 Å². The summed E-state index contributed by atoms with van der Waals surface area (Å²) in [7, 11) is 1.64. The first-order chi connectivity index (χ1) is 16.4. The van der Waals surface area contributed by atoms with Crippen molar-refractivity contribution in [1.82, 2.24) is 10.2 Å². The van der Waals surface area contributed by atoms with Crippen LogP contribution in [-0.2, 0) is 11.2 Å². The Hall–Kier alpha value is -2.37. The molecule has 2 aromatic rings. The van der Waals surface area contributed by atoms with Crippen LogP contribution in [0.2, 0.25) is 0 Å². The number of benzene rings is 2. The Kier molecular flexibility index (Phi) is 6.43. The van der Waals surface area contributed by atoms with Crippen molar-refractivity contribution in [3.8, 4) is 16.9 Å². The first kappa shape index (κ1) is 23.4. The number of carbonyl (C=O) groups is 1. The molecule has 5 nitrogen and oxygen atoms in total. The van der Waals surface area contributed by atoms with E-state index in [1.165, 1.54) is 43.5 Å². The van der Waals surface area contributed by atoms with E-state index in [4.69, 9.17) is 9.47 Å². The summed E-state index contributed by atoms with van der Waals surface area (Å²) in [5, 5.41) is 3.03. The molecule has 182 valence electrons. The summed E-state index contributed by atoms with van der Waals surface area (Å²) >= 11 is 0. The lowest BCUT2D eigenvalue weighted by Gasteiger charge is -2.48. The van der Waals surface area contributed by atoms with Crippen molar-refractivity contribution in [2.75, 3.05) is 26.8 Å². The molecule has 1 aliphatic carbocycles. The third-order valence-corrected chi connectivity index (χ3v) is 7.97. The summed E-state index contributed by atoms with van der Waals surface area (Å²) in [4.78, 5) is 15.3. The van der Waals surface area contributed by atoms with E-state index in [1.54, 1.807) is 7.11 Å². The molecule has 34 heavy (non-hydrogen) atoms. The van der Waals surface area contributed by atoms with Gasteiger partial charge in [-0.3, -0.25) is 4.79 Å². The van der Waals surface area contributed by atoms with E-state index in [0.717, 1.165) is 43.0 Å². The average Bonchev–Trinajstić information content (AvgIpc) is 2.79. The van der Waals surface area contributed by atoms with Gasteiger partial charge >= 0.3 is 0 Å². The van der Waals surface area contributed by atoms with Crippen LogP contribution in [-0.4, -0.2) is 54.8 Å². The minimum absolute atomic E-state index is 0.0281. The molecule has 2 fully saturated rings. The quantitative estimate of drug-likeness (QED) is 0.639. The molecule has 0 atom stereocenters. The predicted molar refractivity (Wildman–Crippen MR) is 135 cm³/mol. The molecule has 3 aliphatic rings. The lowest BCUT2D eigenvalue weighted by atomic mass is 9.81. The fourth-order valence-corrected chi connectivity index (χ4v) is 5.69. The van der Waals surface area contributed by atoms with E-state index in [2.05, 4.69) is 28.4 Å². The summed E-state index contributed by atoms with van der Waals surface area (Å²) in [6.45, 7) is 6.75. The van der Waals surface area contributed by atoms with Crippen LogP contribution in [0.25, 0.3) is 11.1 Å². The second-order valence-corrected chi connectivity index (χ2v) is 11.1. The van der Waals surface area contributed by atoms with Gasteiger partial charge in [0.2, 0.25) is 0 Å². The molecular weight excluding hydrogens is 424 g/mol. The van der Waals surface area contributed by atoms with Crippen LogP contribution in [0, 0.1) is 0 Å². The number of piperidine rings is 1. The molecule has 5 rings (SSSR count). The Morgan fingerprint density at radius 3 is 2.44 bits per heavy atom. The lowest BCUT2D eigenvalue weighted by Crippen LogP contribution is -2.53. The van der Waals surface area contributed by atoms with Crippen molar-refractivity contribution in [3.63, 3.8) is 0 Å². The van der Waals surface area contributed by atoms with Crippen molar-refractivity contribution in [2.24, 2.45) is 0 Å². The summed E-state index contributed by atoms with van der Waals surface area (Å²) in [6, 6.07) is 15.3. The highest BCUT2D eigenvalue weighted by molar-refractivity contribution is 5.95. The summed E-state index contributed by atoms with van der Waals surface area (Å²) < 4.78 is 11.9. The monoisotopic (exact) mass is 462 g/mol. The standard InChI is InChI=1S/C29H38N2O3/c1-28(2,20-33-3)30-27(32)22-9-7-21(8-10-22)23-11-12-26-24(19-23)13-14-29(34-26)15-17-31(18-16-29)25-5-4-6-25/h7-12,19,25H,4-6,13-18,20H2,1-3H3,(H,30,32). The fourth-order valence-electron chi connectivity index (χ4n) is 5.69. The van der Waals surface area contributed by atoms with E-state index >= 15 is 0 Å². The highest BCUT2D eigenvalue weighted by atomic mass is 16.5. The van der Waals surface area contributed by atoms with Crippen LogP contribution in [0.3, 0.4) is 0 Å². The number of ether oxygens (including phenoxy) is 2. The maximum Gasteiger partial charge on any atom is 0.251 e. The van der Waals surface area contributed by atoms with E-state index < -0.39 is 5.54 Å².